The highest BCUT2D eigenvalue weighted by Gasteiger charge is 2.12. The number of halogens is 1. The van der Waals surface area contributed by atoms with Crippen LogP contribution in [-0.2, 0) is 6.54 Å². The number of hydrogen-bond donors (Lipinski definition) is 0. The number of methoxy groups -OCH3 is 1. The number of nitrogens with zero attached hydrogens (tertiary/aromatic N) is 2. The zero-order valence-electron chi connectivity index (χ0n) is 13.1. The van der Waals surface area contributed by atoms with Gasteiger partial charge >= 0.3 is 0 Å². The first-order valence-electron chi connectivity index (χ1n) is 7.44. The standard InChI is InChI=1S/C19H16FN2O2/c1-24-17-8-4-15(5-9-17)19(23)12-22-11-10-18(21-13-22)14-2-6-16(20)7-3-14/h2-11,13H,12H2,1H3/q+1. The second-order valence-corrected chi connectivity index (χ2v) is 5.28. The molecule has 4 nitrogen and oxygen atoms in total. The lowest BCUT2D eigenvalue weighted by Gasteiger charge is -2.02. The van der Waals surface area contributed by atoms with Crippen LogP contribution >= 0.6 is 0 Å². The lowest BCUT2D eigenvalue weighted by molar-refractivity contribution is -0.686. The monoisotopic (exact) mass is 323 g/mol. The van der Waals surface area contributed by atoms with Gasteiger partial charge in [0.1, 0.15) is 11.6 Å². The average molecular weight is 323 g/mol. The van der Waals surface area contributed by atoms with Crippen molar-refractivity contribution in [3.8, 4) is 17.0 Å². The second-order valence-electron chi connectivity index (χ2n) is 5.28. The van der Waals surface area contributed by atoms with Gasteiger partial charge in [0.15, 0.2) is 12.2 Å². The van der Waals surface area contributed by atoms with Crippen LogP contribution in [0.25, 0.3) is 11.3 Å². The summed E-state index contributed by atoms with van der Waals surface area (Å²) in [6.07, 6.45) is 3.38. The van der Waals surface area contributed by atoms with Crippen LogP contribution in [0.3, 0.4) is 0 Å². The minimum atomic E-state index is -0.283. The average Bonchev–Trinajstić information content (AvgIpc) is 2.63. The van der Waals surface area contributed by atoms with Crippen molar-refractivity contribution in [3.63, 3.8) is 0 Å². The normalized spacial score (nSPS) is 10.4. The molecule has 0 radical (unpaired) electrons. The molecule has 0 aliphatic heterocycles. The molecule has 0 bridgehead atoms. The molecule has 0 aliphatic carbocycles. The van der Waals surface area contributed by atoms with Crippen molar-refractivity contribution in [2.45, 2.75) is 6.54 Å². The molecular weight excluding hydrogens is 307 g/mol. The van der Waals surface area contributed by atoms with Gasteiger partial charge < -0.3 is 4.74 Å². The van der Waals surface area contributed by atoms with E-state index in [9.17, 15) is 9.18 Å². The van der Waals surface area contributed by atoms with Gasteiger partial charge in [-0.05, 0) is 53.5 Å². The van der Waals surface area contributed by atoms with Crippen molar-refractivity contribution in [2.75, 3.05) is 7.11 Å². The third-order valence-corrected chi connectivity index (χ3v) is 3.65. The molecule has 24 heavy (non-hydrogen) atoms. The van der Waals surface area contributed by atoms with E-state index in [2.05, 4.69) is 4.98 Å². The maximum atomic E-state index is 12.9. The lowest BCUT2D eigenvalue weighted by atomic mass is 10.1. The summed E-state index contributed by atoms with van der Waals surface area (Å²) in [6, 6.07) is 14.9. The minimum Gasteiger partial charge on any atom is -0.497 e. The first-order chi connectivity index (χ1) is 11.7. The number of Topliss-reactive ketones (excluding diaryl/α,β-unsaturated/α-hetero) is 1. The Balaban J connectivity index is 1.71. The van der Waals surface area contributed by atoms with E-state index in [-0.39, 0.29) is 18.1 Å². The Morgan fingerprint density at radius 2 is 1.79 bits per heavy atom. The number of hydrogen-bond acceptors (Lipinski definition) is 3. The smallest absolute Gasteiger partial charge is 0.287 e. The van der Waals surface area contributed by atoms with Crippen LogP contribution in [-0.4, -0.2) is 17.9 Å². The van der Waals surface area contributed by atoms with Crippen molar-refractivity contribution in [1.29, 1.82) is 0 Å². The molecule has 3 aromatic rings. The topological polar surface area (TPSA) is 43.1 Å². The number of benzene rings is 2. The molecule has 0 aliphatic rings. The summed E-state index contributed by atoms with van der Waals surface area (Å²) in [5.74, 6) is 0.415. The molecule has 0 fully saturated rings. The zero-order valence-corrected chi connectivity index (χ0v) is 13.1. The molecule has 0 saturated heterocycles. The summed E-state index contributed by atoms with van der Waals surface area (Å²) < 4.78 is 19.7. The Bertz CT molecular complexity index is 829. The fourth-order valence-electron chi connectivity index (χ4n) is 2.30. The number of carbonyl (C=O) groups is 1. The Morgan fingerprint density at radius 3 is 2.38 bits per heavy atom. The summed E-state index contributed by atoms with van der Waals surface area (Å²) in [7, 11) is 1.58. The number of carbonyl (C=O) groups excluding carboxylic acids is 1. The SMILES string of the molecule is COc1ccc(C(=O)C[n+]2ccc(-c3ccc(F)cc3)nc2)cc1. The van der Waals surface area contributed by atoms with Crippen LogP contribution < -0.4 is 9.30 Å². The van der Waals surface area contributed by atoms with Crippen molar-refractivity contribution >= 4 is 5.78 Å². The van der Waals surface area contributed by atoms with E-state index in [0.717, 1.165) is 11.3 Å². The quantitative estimate of drug-likeness (QED) is 0.535. The van der Waals surface area contributed by atoms with E-state index in [0.29, 0.717) is 11.3 Å². The largest absolute Gasteiger partial charge is 0.497 e. The number of rotatable bonds is 5. The van der Waals surface area contributed by atoms with E-state index in [1.807, 2.05) is 0 Å². The van der Waals surface area contributed by atoms with E-state index in [1.54, 1.807) is 66.7 Å². The molecule has 2 aromatic carbocycles. The van der Waals surface area contributed by atoms with Gasteiger partial charge in [0.25, 0.3) is 6.33 Å². The highest BCUT2D eigenvalue weighted by Crippen LogP contribution is 2.15. The van der Waals surface area contributed by atoms with Gasteiger partial charge in [-0.3, -0.25) is 4.79 Å². The molecule has 5 heteroatoms. The van der Waals surface area contributed by atoms with Gasteiger partial charge in [-0.1, -0.05) is 0 Å². The summed E-state index contributed by atoms with van der Waals surface area (Å²) in [5.41, 5.74) is 2.17. The van der Waals surface area contributed by atoms with Crippen molar-refractivity contribution in [2.24, 2.45) is 0 Å². The van der Waals surface area contributed by atoms with E-state index in [1.165, 1.54) is 12.1 Å². The fraction of sp³-hybridized carbons (Fsp3) is 0.105. The van der Waals surface area contributed by atoms with Crippen LogP contribution in [0.2, 0.25) is 0 Å². The number of aromatic nitrogens is 2. The molecular formula is C19H16FN2O2+. The number of ether oxygens (including phenoxy) is 1. The molecule has 3 rings (SSSR count). The minimum absolute atomic E-state index is 0.0148. The summed E-state index contributed by atoms with van der Waals surface area (Å²) in [5, 5.41) is 0. The molecule has 120 valence electrons. The summed E-state index contributed by atoms with van der Waals surface area (Å²) in [6.45, 7) is 0.197. The van der Waals surface area contributed by atoms with Gasteiger partial charge in [-0.25, -0.2) is 8.96 Å². The molecule has 0 atom stereocenters. The van der Waals surface area contributed by atoms with Crippen LogP contribution in [0, 0.1) is 5.82 Å². The van der Waals surface area contributed by atoms with E-state index < -0.39 is 0 Å². The van der Waals surface area contributed by atoms with Crippen LogP contribution in [0.1, 0.15) is 10.4 Å². The Hall–Kier alpha value is -3.08. The molecule has 0 saturated carbocycles. The maximum absolute atomic E-state index is 12.9. The van der Waals surface area contributed by atoms with Gasteiger partial charge in [-0.15, -0.1) is 0 Å². The fourth-order valence-corrected chi connectivity index (χ4v) is 2.30. The lowest BCUT2D eigenvalue weighted by Crippen LogP contribution is -2.37. The molecule has 1 aromatic heterocycles. The van der Waals surface area contributed by atoms with Gasteiger partial charge in [-0.2, -0.15) is 0 Å². The molecule has 0 unspecified atom stereocenters. The second kappa shape index (κ2) is 7.00. The van der Waals surface area contributed by atoms with Gasteiger partial charge in [0.05, 0.1) is 13.3 Å². The maximum Gasteiger partial charge on any atom is 0.287 e. The van der Waals surface area contributed by atoms with Crippen LogP contribution in [0.5, 0.6) is 5.75 Å². The van der Waals surface area contributed by atoms with Gasteiger partial charge in [0, 0.05) is 17.2 Å². The van der Waals surface area contributed by atoms with Crippen molar-refractivity contribution in [1.82, 2.24) is 4.98 Å². The molecule has 0 amide bonds. The van der Waals surface area contributed by atoms with E-state index in [4.69, 9.17) is 4.74 Å². The van der Waals surface area contributed by atoms with Crippen LogP contribution in [0.15, 0.2) is 67.1 Å². The third kappa shape index (κ3) is 3.63. The van der Waals surface area contributed by atoms with E-state index >= 15 is 0 Å². The summed E-state index contributed by atoms with van der Waals surface area (Å²) >= 11 is 0. The van der Waals surface area contributed by atoms with Crippen molar-refractivity contribution < 1.29 is 18.5 Å². The highest BCUT2D eigenvalue weighted by molar-refractivity contribution is 5.95. The zero-order chi connectivity index (χ0) is 16.9. The Morgan fingerprint density at radius 1 is 1.08 bits per heavy atom. The highest BCUT2D eigenvalue weighted by atomic mass is 19.1. The van der Waals surface area contributed by atoms with Gasteiger partial charge in [0.2, 0.25) is 5.78 Å². The van der Waals surface area contributed by atoms with Crippen molar-refractivity contribution in [3.05, 3.63) is 78.5 Å². The Kier molecular flexibility index (Phi) is 4.61. The Labute approximate surface area is 139 Å². The number of ketones is 1. The van der Waals surface area contributed by atoms with Crippen LogP contribution in [0.4, 0.5) is 4.39 Å². The molecule has 1 heterocycles. The molecule has 0 N–H and O–H groups in total. The molecule has 0 spiro atoms. The predicted octanol–water partition coefficient (Wildman–Crippen LogP) is 3.07. The predicted molar refractivity (Wildman–Crippen MR) is 87.2 cm³/mol. The first kappa shape index (κ1) is 15.8. The first-order valence-corrected chi connectivity index (χ1v) is 7.44. The third-order valence-electron chi connectivity index (χ3n) is 3.65. The summed E-state index contributed by atoms with van der Waals surface area (Å²) in [4.78, 5) is 16.6.